The second-order valence-corrected chi connectivity index (χ2v) is 6.62. The molecule has 1 saturated carbocycles. The number of nitrogens with zero attached hydrogens (tertiary/aromatic N) is 1. The summed E-state index contributed by atoms with van der Waals surface area (Å²) < 4.78 is 0. The molecule has 1 aliphatic heterocycles. The van der Waals surface area contributed by atoms with E-state index in [1.807, 2.05) is 0 Å². The molecule has 1 saturated heterocycles. The Hall–Kier alpha value is -0.570. The van der Waals surface area contributed by atoms with E-state index in [-0.39, 0.29) is 12.2 Å². The van der Waals surface area contributed by atoms with Crippen molar-refractivity contribution in [2.75, 3.05) is 0 Å². The zero-order valence-electron chi connectivity index (χ0n) is 13.0. The first-order chi connectivity index (χ1) is 9.06. The minimum absolute atomic E-state index is 0.0689. The fraction of sp³-hybridized carbons (Fsp3) is 0.938. The Bertz CT molecular complexity index is 318. The van der Waals surface area contributed by atoms with Crippen LogP contribution in [0, 0.1) is 11.8 Å². The van der Waals surface area contributed by atoms with Crippen LogP contribution in [0.4, 0.5) is 0 Å². The van der Waals surface area contributed by atoms with Crippen LogP contribution in [0.25, 0.3) is 0 Å². The van der Waals surface area contributed by atoms with E-state index in [1.165, 1.54) is 19.3 Å². The highest BCUT2D eigenvalue weighted by molar-refractivity contribution is 5.84. The molecule has 1 N–H and O–H groups in total. The number of carbonyl (C=O) groups excluding carboxylic acids is 1. The van der Waals surface area contributed by atoms with E-state index in [0.717, 1.165) is 25.2 Å². The molecular formula is C16H30N2O. The Labute approximate surface area is 118 Å². The van der Waals surface area contributed by atoms with Crippen LogP contribution in [0.15, 0.2) is 0 Å². The third-order valence-corrected chi connectivity index (χ3v) is 5.28. The Kier molecular flexibility index (Phi) is 4.88. The lowest BCUT2D eigenvalue weighted by atomic mass is 9.77. The van der Waals surface area contributed by atoms with Gasteiger partial charge in [0, 0.05) is 6.04 Å². The fourth-order valence-electron chi connectivity index (χ4n) is 3.83. The van der Waals surface area contributed by atoms with E-state index >= 15 is 0 Å². The van der Waals surface area contributed by atoms with Crippen molar-refractivity contribution >= 4 is 5.91 Å². The van der Waals surface area contributed by atoms with Crippen molar-refractivity contribution in [1.29, 1.82) is 0 Å². The molecule has 0 aromatic rings. The maximum absolute atomic E-state index is 12.6. The van der Waals surface area contributed by atoms with E-state index in [9.17, 15) is 4.79 Å². The first-order valence-corrected chi connectivity index (χ1v) is 8.14. The van der Waals surface area contributed by atoms with Gasteiger partial charge in [-0.3, -0.25) is 10.1 Å². The van der Waals surface area contributed by atoms with Gasteiger partial charge in [0.25, 0.3) is 0 Å². The molecule has 1 heterocycles. The van der Waals surface area contributed by atoms with E-state index in [0.29, 0.717) is 17.9 Å². The van der Waals surface area contributed by atoms with Crippen LogP contribution in [-0.2, 0) is 4.79 Å². The van der Waals surface area contributed by atoms with Gasteiger partial charge >= 0.3 is 0 Å². The minimum Gasteiger partial charge on any atom is -0.323 e. The molecule has 19 heavy (non-hydrogen) atoms. The van der Waals surface area contributed by atoms with E-state index in [1.54, 1.807) is 0 Å². The standard InChI is InChI=1S/C16H30N2O/c1-5-6-9-14-16(19)18(13(4)17-14)15-10-7-8-11(2)12(15)3/h11-15,17H,5-10H2,1-4H3. The van der Waals surface area contributed by atoms with Crippen molar-refractivity contribution in [3.63, 3.8) is 0 Å². The summed E-state index contributed by atoms with van der Waals surface area (Å²) in [5, 5.41) is 3.50. The number of rotatable bonds is 4. The molecule has 3 nitrogen and oxygen atoms in total. The largest absolute Gasteiger partial charge is 0.323 e. The van der Waals surface area contributed by atoms with E-state index in [2.05, 4.69) is 37.9 Å². The molecule has 0 aromatic heterocycles. The summed E-state index contributed by atoms with van der Waals surface area (Å²) in [5.74, 6) is 1.73. The molecule has 0 spiro atoms. The second-order valence-electron chi connectivity index (χ2n) is 6.62. The van der Waals surface area contributed by atoms with Crippen molar-refractivity contribution in [3.05, 3.63) is 0 Å². The number of carbonyl (C=O) groups is 1. The van der Waals surface area contributed by atoms with Gasteiger partial charge < -0.3 is 4.90 Å². The van der Waals surface area contributed by atoms with Crippen LogP contribution < -0.4 is 5.32 Å². The predicted molar refractivity (Wildman–Crippen MR) is 78.7 cm³/mol. The highest BCUT2D eigenvalue weighted by Crippen LogP contribution is 2.35. The molecule has 2 aliphatic rings. The predicted octanol–water partition coefficient (Wildman–Crippen LogP) is 3.15. The van der Waals surface area contributed by atoms with Gasteiger partial charge in [0.15, 0.2) is 0 Å². The van der Waals surface area contributed by atoms with Crippen molar-refractivity contribution < 1.29 is 4.79 Å². The van der Waals surface area contributed by atoms with Crippen molar-refractivity contribution in [2.24, 2.45) is 11.8 Å². The zero-order valence-corrected chi connectivity index (χ0v) is 13.0. The maximum atomic E-state index is 12.6. The maximum Gasteiger partial charge on any atom is 0.241 e. The van der Waals surface area contributed by atoms with Gasteiger partial charge in [-0.15, -0.1) is 0 Å². The Morgan fingerprint density at radius 1 is 1.26 bits per heavy atom. The first-order valence-electron chi connectivity index (χ1n) is 8.14. The van der Waals surface area contributed by atoms with Crippen LogP contribution in [0.1, 0.15) is 66.2 Å². The second kappa shape index (κ2) is 6.25. The molecule has 0 radical (unpaired) electrons. The number of amides is 1. The Morgan fingerprint density at radius 3 is 2.68 bits per heavy atom. The average molecular weight is 266 g/mol. The highest BCUT2D eigenvalue weighted by atomic mass is 16.2. The summed E-state index contributed by atoms with van der Waals surface area (Å²) in [5.41, 5.74) is 0. The zero-order chi connectivity index (χ0) is 14.0. The lowest BCUT2D eigenvalue weighted by Gasteiger charge is -2.41. The van der Waals surface area contributed by atoms with Gasteiger partial charge in [-0.25, -0.2) is 0 Å². The topological polar surface area (TPSA) is 32.3 Å². The molecule has 1 aliphatic carbocycles. The summed E-state index contributed by atoms with van der Waals surface area (Å²) in [7, 11) is 0. The number of hydrogen-bond donors (Lipinski definition) is 1. The normalized spacial score (nSPS) is 39.9. The SMILES string of the molecule is CCCCC1NC(C)N(C2CCCC(C)C2C)C1=O. The van der Waals surface area contributed by atoms with Crippen LogP contribution in [0.2, 0.25) is 0 Å². The van der Waals surface area contributed by atoms with Gasteiger partial charge in [0.1, 0.15) is 0 Å². The van der Waals surface area contributed by atoms with Crippen molar-refractivity contribution in [2.45, 2.75) is 84.5 Å². The monoisotopic (exact) mass is 266 g/mol. The van der Waals surface area contributed by atoms with Crippen molar-refractivity contribution in [3.8, 4) is 0 Å². The van der Waals surface area contributed by atoms with Crippen LogP contribution >= 0.6 is 0 Å². The quantitative estimate of drug-likeness (QED) is 0.848. The average Bonchev–Trinajstić information content (AvgIpc) is 2.66. The summed E-state index contributed by atoms with van der Waals surface area (Å²) in [6, 6.07) is 0.518. The molecular weight excluding hydrogens is 236 g/mol. The summed E-state index contributed by atoms with van der Waals surface area (Å²) in [4.78, 5) is 14.8. The smallest absolute Gasteiger partial charge is 0.241 e. The molecule has 0 bridgehead atoms. The summed E-state index contributed by atoms with van der Waals surface area (Å²) in [6.07, 6.45) is 7.29. The third-order valence-electron chi connectivity index (χ3n) is 5.28. The van der Waals surface area contributed by atoms with Crippen LogP contribution in [0.3, 0.4) is 0 Å². The van der Waals surface area contributed by atoms with Gasteiger partial charge in [-0.1, -0.05) is 46.5 Å². The first kappa shape index (κ1) is 14.8. The Balaban J connectivity index is 2.04. The molecule has 5 unspecified atom stereocenters. The molecule has 5 atom stereocenters. The van der Waals surface area contributed by atoms with E-state index in [4.69, 9.17) is 0 Å². The summed E-state index contributed by atoms with van der Waals surface area (Å²) >= 11 is 0. The molecule has 110 valence electrons. The molecule has 0 aromatic carbocycles. The highest BCUT2D eigenvalue weighted by Gasteiger charge is 2.43. The summed E-state index contributed by atoms with van der Waals surface area (Å²) in [6.45, 7) is 9.00. The molecule has 3 heteroatoms. The van der Waals surface area contributed by atoms with Gasteiger partial charge in [-0.05, 0) is 31.6 Å². The van der Waals surface area contributed by atoms with Crippen LogP contribution in [-0.4, -0.2) is 29.1 Å². The number of unbranched alkanes of at least 4 members (excludes halogenated alkanes) is 1. The fourth-order valence-corrected chi connectivity index (χ4v) is 3.83. The third kappa shape index (κ3) is 2.96. The van der Waals surface area contributed by atoms with Gasteiger partial charge in [0.2, 0.25) is 5.91 Å². The molecule has 2 rings (SSSR count). The van der Waals surface area contributed by atoms with Crippen molar-refractivity contribution in [1.82, 2.24) is 10.2 Å². The van der Waals surface area contributed by atoms with Gasteiger partial charge in [-0.2, -0.15) is 0 Å². The minimum atomic E-state index is 0.0689. The van der Waals surface area contributed by atoms with Crippen LogP contribution in [0.5, 0.6) is 0 Å². The molecule has 1 amide bonds. The molecule has 2 fully saturated rings. The number of nitrogens with one attached hydrogen (secondary N) is 1. The lowest BCUT2D eigenvalue weighted by Crippen LogP contribution is -2.49. The van der Waals surface area contributed by atoms with E-state index < -0.39 is 0 Å². The van der Waals surface area contributed by atoms with Gasteiger partial charge in [0.05, 0.1) is 12.2 Å². The Morgan fingerprint density at radius 2 is 2.00 bits per heavy atom. The lowest BCUT2D eigenvalue weighted by molar-refractivity contribution is -0.134. The number of hydrogen-bond acceptors (Lipinski definition) is 2.